The summed E-state index contributed by atoms with van der Waals surface area (Å²) in [4.78, 5) is 46.5. The largest absolute Gasteiger partial charge is 0.444 e. The van der Waals surface area contributed by atoms with Crippen LogP contribution in [-0.4, -0.2) is 47.9 Å². The summed E-state index contributed by atoms with van der Waals surface area (Å²) in [7, 11) is 0. The molecule has 0 heterocycles. The van der Waals surface area contributed by atoms with Crippen LogP contribution < -0.4 is 16.5 Å². The SMILES string of the molecule is CC(C)(C)OC(=O)NCCONC(=O)C1CCC(N(OCc2ccccc2)C(N)=O)CC1. The van der Waals surface area contributed by atoms with Gasteiger partial charge in [-0.1, -0.05) is 30.3 Å². The van der Waals surface area contributed by atoms with E-state index in [1.54, 1.807) is 20.8 Å². The van der Waals surface area contributed by atoms with Gasteiger partial charge in [0.2, 0.25) is 5.91 Å². The van der Waals surface area contributed by atoms with Crippen molar-refractivity contribution >= 4 is 18.0 Å². The molecule has 0 aromatic heterocycles. The Bertz CT molecular complexity index is 745. The summed E-state index contributed by atoms with van der Waals surface area (Å²) >= 11 is 0. The molecule has 178 valence electrons. The molecule has 2 rings (SSSR count). The third kappa shape index (κ3) is 9.11. The fraction of sp³-hybridized carbons (Fsp3) is 0.591. The van der Waals surface area contributed by atoms with Crippen LogP contribution in [0.1, 0.15) is 52.0 Å². The molecule has 1 saturated carbocycles. The molecule has 0 bridgehead atoms. The Morgan fingerprint density at radius 2 is 1.75 bits per heavy atom. The third-order valence-corrected chi connectivity index (χ3v) is 4.87. The Hall–Kier alpha value is -2.85. The summed E-state index contributed by atoms with van der Waals surface area (Å²) < 4.78 is 5.11. The van der Waals surface area contributed by atoms with E-state index in [4.69, 9.17) is 20.1 Å². The number of hydrogen-bond donors (Lipinski definition) is 3. The quantitative estimate of drug-likeness (QED) is 0.391. The fourth-order valence-electron chi connectivity index (χ4n) is 3.36. The second kappa shape index (κ2) is 12.3. The summed E-state index contributed by atoms with van der Waals surface area (Å²) in [5.74, 6) is -0.453. The molecule has 1 aliphatic rings. The molecule has 0 spiro atoms. The highest BCUT2D eigenvalue weighted by Crippen LogP contribution is 2.28. The molecule has 0 unspecified atom stereocenters. The number of primary amides is 1. The maximum Gasteiger partial charge on any atom is 0.407 e. The van der Waals surface area contributed by atoms with Crippen LogP contribution in [0.4, 0.5) is 9.59 Å². The molecule has 10 nitrogen and oxygen atoms in total. The molecule has 0 radical (unpaired) electrons. The molecule has 4 N–H and O–H groups in total. The van der Waals surface area contributed by atoms with Crippen molar-refractivity contribution in [1.29, 1.82) is 0 Å². The number of hydroxylamine groups is 3. The highest BCUT2D eigenvalue weighted by atomic mass is 16.7. The van der Waals surface area contributed by atoms with Crippen molar-refractivity contribution in [2.75, 3.05) is 13.2 Å². The zero-order valence-corrected chi connectivity index (χ0v) is 19.0. The average Bonchev–Trinajstić information content (AvgIpc) is 2.73. The van der Waals surface area contributed by atoms with Crippen molar-refractivity contribution in [2.24, 2.45) is 11.7 Å². The predicted molar refractivity (Wildman–Crippen MR) is 117 cm³/mol. The van der Waals surface area contributed by atoms with Gasteiger partial charge in [0, 0.05) is 12.5 Å². The smallest absolute Gasteiger partial charge is 0.407 e. The molecule has 1 aliphatic carbocycles. The molecule has 32 heavy (non-hydrogen) atoms. The number of carbonyl (C=O) groups is 3. The topological polar surface area (TPSA) is 132 Å². The van der Waals surface area contributed by atoms with E-state index in [0.717, 1.165) is 5.56 Å². The van der Waals surface area contributed by atoms with Crippen LogP contribution in [0.25, 0.3) is 0 Å². The van der Waals surface area contributed by atoms with Crippen LogP contribution in [0.3, 0.4) is 0 Å². The number of urea groups is 1. The van der Waals surface area contributed by atoms with E-state index in [1.807, 2.05) is 30.3 Å². The fourth-order valence-corrected chi connectivity index (χ4v) is 3.36. The molecule has 4 amide bonds. The van der Waals surface area contributed by atoms with Crippen LogP contribution in [0.15, 0.2) is 30.3 Å². The predicted octanol–water partition coefficient (Wildman–Crippen LogP) is 2.63. The lowest BCUT2D eigenvalue weighted by Crippen LogP contribution is -2.46. The first kappa shape index (κ1) is 25.4. The van der Waals surface area contributed by atoms with Gasteiger partial charge in [-0.25, -0.2) is 20.1 Å². The second-order valence-corrected chi connectivity index (χ2v) is 8.67. The van der Waals surface area contributed by atoms with Gasteiger partial charge in [0.25, 0.3) is 0 Å². The van der Waals surface area contributed by atoms with E-state index in [0.29, 0.717) is 25.7 Å². The van der Waals surface area contributed by atoms with Crippen molar-refractivity contribution in [3.63, 3.8) is 0 Å². The lowest BCUT2D eigenvalue weighted by Gasteiger charge is -2.34. The van der Waals surface area contributed by atoms with Gasteiger partial charge in [-0.05, 0) is 52.0 Å². The maximum atomic E-state index is 12.3. The minimum Gasteiger partial charge on any atom is -0.444 e. The van der Waals surface area contributed by atoms with Gasteiger partial charge in [-0.2, -0.15) is 0 Å². The average molecular weight is 451 g/mol. The molecule has 1 fully saturated rings. The lowest BCUT2D eigenvalue weighted by atomic mass is 9.85. The second-order valence-electron chi connectivity index (χ2n) is 8.67. The number of amides is 4. The molecule has 1 aromatic rings. The van der Waals surface area contributed by atoms with Gasteiger partial charge in [0.15, 0.2) is 0 Å². The lowest BCUT2D eigenvalue weighted by molar-refractivity contribution is -0.162. The third-order valence-electron chi connectivity index (χ3n) is 4.87. The van der Waals surface area contributed by atoms with Gasteiger partial charge in [-0.3, -0.25) is 14.5 Å². The van der Waals surface area contributed by atoms with Crippen molar-refractivity contribution in [3.8, 4) is 0 Å². The van der Waals surface area contributed by atoms with Crippen molar-refractivity contribution in [2.45, 2.75) is 64.7 Å². The summed E-state index contributed by atoms with van der Waals surface area (Å²) in [5.41, 5.74) is 8.28. The van der Waals surface area contributed by atoms with Crippen molar-refractivity contribution < 1.29 is 28.8 Å². The number of alkyl carbamates (subject to hydrolysis) is 1. The molecule has 0 atom stereocenters. The van der Waals surface area contributed by atoms with Crippen LogP contribution in [0, 0.1) is 5.92 Å². The van der Waals surface area contributed by atoms with Gasteiger partial charge in [0.1, 0.15) is 12.2 Å². The van der Waals surface area contributed by atoms with E-state index in [1.165, 1.54) is 5.06 Å². The minimum absolute atomic E-state index is 0.114. The summed E-state index contributed by atoms with van der Waals surface area (Å²) in [6, 6.07) is 8.68. The Kier molecular flexibility index (Phi) is 9.73. The van der Waals surface area contributed by atoms with E-state index in [9.17, 15) is 14.4 Å². The Morgan fingerprint density at radius 3 is 2.34 bits per heavy atom. The molecule has 0 aliphatic heterocycles. The number of nitrogens with one attached hydrogen (secondary N) is 2. The highest BCUT2D eigenvalue weighted by Gasteiger charge is 2.32. The number of nitrogens with zero attached hydrogens (tertiary/aromatic N) is 1. The van der Waals surface area contributed by atoms with Crippen molar-refractivity contribution in [1.82, 2.24) is 15.9 Å². The zero-order chi connectivity index (χ0) is 23.6. The first-order valence-corrected chi connectivity index (χ1v) is 10.8. The zero-order valence-electron chi connectivity index (χ0n) is 19.0. The number of rotatable bonds is 9. The van der Waals surface area contributed by atoms with E-state index in [2.05, 4.69) is 10.8 Å². The van der Waals surface area contributed by atoms with Gasteiger partial charge in [-0.15, -0.1) is 0 Å². The Balaban J connectivity index is 1.66. The molecular formula is C22H34N4O6. The van der Waals surface area contributed by atoms with Crippen LogP contribution in [0.5, 0.6) is 0 Å². The van der Waals surface area contributed by atoms with Crippen LogP contribution in [-0.2, 0) is 25.8 Å². The monoisotopic (exact) mass is 450 g/mol. The minimum atomic E-state index is -0.644. The van der Waals surface area contributed by atoms with Gasteiger partial charge < -0.3 is 15.8 Å². The number of carbonyl (C=O) groups excluding carboxylic acids is 3. The number of benzene rings is 1. The van der Waals surface area contributed by atoms with Gasteiger partial charge in [0.05, 0.1) is 12.6 Å². The van der Waals surface area contributed by atoms with E-state index in [-0.39, 0.29) is 37.6 Å². The van der Waals surface area contributed by atoms with Crippen molar-refractivity contribution in [3.05, 3.63) is 35.9 Å². The number of hydrogen-bond acceptors (Lipinski definition) is 6. The number of ether oxygens (including phenoxy) is 1. The van der Waals surface area contributed by atoms with E-state index >= 15 is 0 Å². The first-order valence-electron chi connectivity index (χ1n) is 10.8. The molecular weight excluding hydrogens is 416 g/mol. The molecule has 1 aromatic carbocycles. The summed E-state index contributed by atoms with van der Waals surface area (Å²) in [6.45, 7) is 5.88. The standard InChI is InChI=1S/C22H34N4O6/c1-22(2,3)32-21(29)24-13-14-30-25-19(27)17-9-11-18(12-10-17)26(20(23)28)31-15-16-7-5-4-6-8-16/h4-8,17-18H,9-15H2,1-3H3,(H2,23,28)(H,24,29)(H,25,27). The summed E-state index contributed by atoms with van der Waals surface area (Å²) in [5, 5.41) is 3.77. The normalized spacial score (nSPS) is 18.5. The van der Waals surface area contributed by atoms with Crippen LogP contribution >= 0.6 is 0 Å². The summed E-state index contributed by atoms with van der Waals surface area (Å²) in [6.07, 6.45) is 1.80. The number of nitrogens with two attached hydrogens (primary N) is 1. The first-order chi connectivity index (χ1) is 15.2. The molecule has 10 heteroatoms. The van der Waals surface area contributed by atoms with Gasteiger partial charge >= 0.3 is 12.1 Å². The van der Waals surface area contributed by atoms with E-state index < -0.39 is 17.7 Å². The maximum absolute atomic E-state index is 12.3. The Morgan fingerprint density at radius 1 is 1.09 bits per heavy atom. The van der Waals surface area contributed by atoms with Crippen LogP contribution in [0.2, 0.25) is 0 Å². The molecule has 0 saturated heterocycles. The Labute approximate surface area is 188 Å². The highest BCUT2D eigenvalue weighted by molar-refractivity contribution is 5.77.